The number of piperazine rings is 1. The zero-order chi connectivity index (χ0) is 28.2. The molecular weight excluding hydrogens is 514 g/mol. The molecule has 0 spiro atoms. The average Bonchev–Trinajstić information content (AvgIpc) is 3.68. The first kappa shape index (κ1) is 25.4. The predicted octanol–water partition coefficient (Wildman–Crippen LogP) is 5.48. The van der Waals surface area contributed by atoms with Crippen molar-refractivity contribution in [1.29, 1.82) is 0 Å². The van der Waals surface area contributed by atoms with Crippen molar-refractivity contribution in [2.45, 2.75) is 44.6 Å². The van der Waals surface area contributed by atoms with E-state index in [2.05, 4.69) is 60.8 Å². The quantitative estimate of drug-likeness (QED) is 0.295. The maximum Gasteiger partial charge on any atom is 0.410 e. The second-order valence-electron chi connectivity index (χ2n) is 12.0. The van der Waals surface area contributed by atoms with Crippen LogP contribution >= 0.6 is 0 Å². The van der Waals surface area contributed by atoms with Gasteiger partial charge in [-0.3, -0.25) is 9.38 Å². The van der Waals surface area contributed by atoms with Crippen LogP contribution in [-0.2, 0) is 10.2 Å². The third-order valence-electron chi connectivity index (χ3n) is 8.10. The molecule has 0 N–H and O–H groups in total. The Bertz CT molecular complexity index is 1740. The first-order valence-corrected chi connectivity index (χ1v) is 14.2. The molecule has 208 valence electrons. The highest BCUT2D eigenvalue weighted by Gasteiger charge is 2.48. The first-order valence-electron chi connectivity index (χ1n) is 14.2. The van der Waals surface area contributed by atoms with Crippen molar-refractivity contribution in [2.24, 2.45) is 0 Å². The number of hydrogen-bond donors (Lipinski definition) is 0. The number of benzene rings is 1. The van der Waals surface area contributed by atoms with Gasteiger partial charge < -0.3 is 14.5 Å². The van der Waals surface area contributed by atoms with Gasteiger partial charge in [-0.15, -0.1) is 0 Å². The summed E-state index contributed by atoms with van der Waals surface area (Å²) in [5.74, 6) is 1.60. The van der Waals surface area contributed by atoms with Crippen LogP contribution in [-0.4, -0.2) is 67.1 Å². The molecule has 0 bridgehead atoms. The molecule has 0 atom stereocenters. The van der Waals surface area contributed by atoms with Crippen LogP contribution in [0.4, 0.5) is 10.6 Å². The summed E-state index contributed by atoms with van der Waals surface area (Å²) in [7, 11) is 0. The van der Waals surface area contributed by atoms with Gasteiger partial charge in [-0.1, -0.05) is 12.1 Å². The van der Waals surface area contributed by atoms with E-state index in [9.17, 15) is 4.79 Å². The molecule has 7 rings (SSSR count). The molecule has 41 heavy (non-hydrogen) atoms. The minimum absolute atomic E-state index is 0.0622. The Morgan fingerprint density at radius 2 is 1.66 bits per heavy atom. The molecule has 2 fully saturated rings. The second kappa shape index (κ2) is 9.54. The summed E-state index contributed by atoms with van der Waals surface area (Å²) in [6.45, 7) is 8.31. The van der Waals surface area contributed by atoms with Gasteiger partial charge in [0.25, 0.3) is 0 Å². The van der Waals surface area contributed by atoms with Crippen LogP contribution in [0.3, 0.4) is 0 Å². The van der Waals surface area contributed by atoms with Crippen LogP contribution < -0.4 is 4.90 Å². The molecule has 5 heterocycles. The smallest absolute Gasteiger partial charge is 0.410 e. The Hall–Kier alpha value is -4.53. The number of ether oxygens (including phenoxy) is 1. The Morgan fingerprint density at radius 1 is 0.878 bits per heavy atom. The number of hydrogen-bond acceptors (Lipinski definition) is 7. The standard InChI is InChI=1S/C32H33N7O2/c1-31(2,3)41-30(40)38-15-13-37(14-16-38)28-9-6-23(18-34-28)24-19-35-29-36-20-27(39(29)21-24)32(10-11-32)25-7-8-26-22(17-25)5-4-12-33-26/h4-9,12,17-21H,10-11,13-16H2,1-3H3. The van der Waals surface area contributed by atoms with E-state index >= 15 is 0 Å². The molecule has 0 unspecified atom stereocenters. The number of carbonyl (C=O) groups is 1. The van der Waals surface area contributed by atoms with Crippen molar-refractivity contribution in [3.05, 3.63) is 84.7 Å². The summed E-state index contributed by atoms with van der Waals surface area (Å²) in [5.41, 5.74) is 4.90. The Morgan fingerprint density at radius 3 is 2.39 bits per heavy atom. The van der Waals surface area contributed by atoms with Crippen LogP contribution in [0.25, 0.3) is 27.8 Å². The molecule has 4 aromatic heterocycles. The summed E-state index contributed by atoms with van der Waals surface area (Å²) in [6, 6.07) is 14.8. The number of imidazole rings is 1. The molecule has 1 aromatic carbocycles. The minimum atomic E-state index is -0.492. The molecule has 2 aliphatic rings. The number of amides is 1. The summed E-state index contributed by atoms with van der Waals surface area (Å²) >= 11 is 0. The zero-order valence-corrected chi connectivity index (χ0v) is 23.6. The van der Waals surface area contributed by atoms with E-state index in [0.717, 1.165) is 46.4 Å². The highest BCUT2D eigenvalue weighted by molar-refractivity contribution is 5.80. The molecule has 5 aromatic rings. The second-order valence-corrected chi connectivity index (χ2v) is 12.0. The van der Waals surface area contributed by atoms with E-state index in [4.69, 9.17) is 9.72 Å². The maximum absolute atomic E-state index is 12.4. The molecule has 1 aliphatic carbocycles. The van der Waals surface area contributed by atoms with Crippen molar-refractivity contribution in [3.63, 3.8) is 0 Å². The number of aromatic nitrogens is 5. The molecule has 0 radical (unpaired) electrons. The molecule has 1 saturated heterocycles. The number of carbonyl (C=O) groups excluding carboxylic acids is 1. The first-order chi connectivity index (χ1) is 19.8. The van der Waals surface area contributed by atoms with Crippen molar-refractivity contribution >= 4 is 28.6 Å². The van der Waals surface area contributed by atoms with Gasteiger partial charge in [-0.25, -0.2) is 19.7 Å². The van der Waals surface area contributed by atoms with Gasteiger partial charge in [0.15, 0.2) is 0 Å². The van der Waals surface area contributed by atoms with Gasteiger partial charge in [0, 0.05) is 72.9 Å². The Kier molecular flexibility index (Phi) is 5.92. The third kappa shape index (κ3) is 4.75. The lowest BCUT2D eigenvalue weighted by Crippen LogP contribution is -2.50. The monoisotopic (exact) mass is 547 g/mol. The fraction of sp³-hybridized carbons (Fsp3) is 0.344. The van der Waals surface area contributed by atoms with E-state index in [0.29, 0.717) is 32.0 Å². The lowest BCUT2D eigenvalue weighted by molar-refractivity contribution is 0.0240. The molecule has 9 heteroatoms. The molecule has 9 nitrogen and oxygen atoms in total. The number of rotatable bonds is 4. The SMILES string of the molecule is CC(C)(C)OC(=O)N1CCN(c2ccc(-c3cnc4ncc(C5(c6ccc7ncccc7c6)CC5)n4c3)cn2)CC1. The number of pyridine rings is 2. The molecule has 1 aliphatic heterocycles. The van der Waals surface area contributed by atoms with Crippen molar-refractivity contribution in [1.82, 2.24) is 29.2 Å². The predicted molar refractivity (Wildman–Crippen MR) is 158 cm³/mol. The number of fused-ring (bicyclic) bond motifs is 2. The summed E-state index contributed by atoms with van der Waals surface area (Å²) < 4.78 is 7.66. The van der Waals surface area contributed by atoms with Crippen molar-refractivity contribution in [2.75, 3.05) is 31.1 Å². The minimum Gasteiger partial charge on any atom is -0.444 e. The van der Waals surface area contributed by atoms with Crippen LogP contribution in [0, 0.1) is 0 Å². The summed E-state index contributed by atoms with van der Waals surface area (Å²) in [4.78, 5) is 35.0. The zero-order valence-electron chi connectivity index (χ0n) is 23.6. The van der Waals surface area contributed by atoms with Crippen molar-refractivity contribution in [3.8, 4) is 11.1 Å². The van der Waals surface area contributed by atoms with Gasteiger partial charge >= 0.3 is 6.09 Å². The third-order valence-corrected chi connectivity index (χ3v) is 8.10. The maximum atomic E-state index is 12.4. The fourth-order valence-electron chi connectivity index (χ4n) is 5.76. The van der Waals surface area contributed by atoms with Crippen LogP contribution in [0.2, 0.25) is 0 Å². The van der Waals surface area contributed by atoms with Crippen LogP contribution in [0.5, 0.6) is 0 Å². The van der Waals surface area contributed by atoms with Gasteiger partial charge in [0.05, 0.1) is 17.4 Å². The van der Waals surface area contributed by atoms with Crippen LogP contribution in [0.1, 0.15) is 44.9 Å². The van der Waals surface area contributed by atoms with Gasteiger partial charge in [-0.05, 0) is 69.5 Å². The lowest BCUT2D eigenvalue weighted by atomic mass is 9.91. The van der Waals surface area contributed by atoms with E-state index in [1.165, 1.54) is 5.56 Å². The van der Waals surface area contributed by atoms with Gasteiger partial charge in [0.2, 0.25) is 5.78 Å². The van der Waals surface area contributed by atoms with Gasteiger partial charge in [-0.2, -0.15) is 0 Å². The highest BCUT2D eigenvalue weighted by Crippen LogP contribution is 2.53. The number of anilines is 1. The Labute approximate surface area is 238 Å². The Balaban J connectivity index is 1.10. The van der Waals surface area contributed by atoms with Crippen molar-refractivity contribution < 1.29 is 9.53 Å². The summed E-state index contributed by atoms with van der Waals surface area (Å²) in [5, 5.41) is 1.15. The van der Waals surface area contributed by atoms with Crippen LogP contribution in [0.15, 0.2) is 73.4 Å². The topological polar surface area (TPSA) is 88.8 Å². The molecule has 1 amide bonds. The number of nitrogens with zero attached hydrogens (tertiary/aromatic N) is 7. The van der Waals surface area contributed by atoms with E-state index in [-0.39, 0.29) is 11.5 Å². The molecule has 1 saturated carbocycles. The fourth-order valence-corrected chi connectivity index (χ4v) is 5.76. The van der Waals surface area contributed by atoms with Gasteiger partial charge in [0.1, 0.15) is 11.4 Å². The largest absolute Gasteiger partial charge is 0.444 e. The average molecular weight is 548 g/mol. The highest BCUT2D eigenvalue weighted by atomic mass is 16.6. The summed E-state index contributed by atoms with van der Waals surface area (Å²) in [6.07, 6.45) is 11.6. The lowest BCUT2D eigenvalue weighted by Gasteiger charge is -2.36. The normalized spacial score (nSPS) is 16.8. The van der Waals surface area contributed by atoms with E-state index < -0.39 is 5.60 Å². The van der Waals surface area contributed by atoms with E-state index in [1.807, 2.05) is 57.7 Å². The van der Waals surface area contributed by atoms with E-state index in [1.54, 1.807) is 4.90 Å². The molecular formula is C32H33N7O2.